The minimum atomic E-state index is 0.187. The number of hydrogen-bond donors (Lipinski definition) is 2. The normalized spacial score (nSPS) is 13.0. The molecule has 0 aliphatic carbocycles. The Balaban J connectivity index is 2.57. The quantitative estimate of drug-likeness (QED) is 0.411. The molecule has 0 aromatic carbocycles. The average Bonchev–Trinajstić information content (AvgIpc) is 2.72. The second-order valence-electron chi connectivity index (χ2n) is 3.79. The standard InChI is InChI=1S/C11H22N4/c1-3-5-6-7-10(14-12)11-13-8-9-15(11)4-2/h8-10,14H,3-7,12H2,1-2H3. The Kier molecular flexibility index (Phi) is 5.36. The third kappa shape index (κ3) is 3.32. The lowest BCUT2D eigenvalue weighted by Gasteiger charge is -2.16. The monoisotopic (exact) mass is 210 g/mol. The maximum Gasteiger partial charge on any atom is 0.127 e. The molecule has 1 aromatic heterocycles. The highest BCUT2D eigenvalue weighted by Crippen LogP contribution is 2.17. The average molecular weight is 210 g/mol. The molecule has 0 radical (unpaired) electrons. The summed E-state index contributed by atoms with van der Waals surface area (Å²) < 4.78 is 2.14. The number of nitrogens with one attached hydrogen (secondary N) is 1. The van der Waals surface area contributed by atoms with Gasteiger partial charge in [0.25, 0.3) is 0 Å². The third-order valence-electron chi connectivity index (χ3n) is 2.70. The maximum atomic E-state index is 5.57. The van der Waals surface area contributed by atoms with E-state index in [4.69, 9.17) is 5.84 Å². The Morgan fingerprint density at radius 2 is 2.27 bits per heavy atom. The number of hydrogen-bond acceptors (Lipinski definition) is 3. The zero-order valence-electron chi connectivity index (χ0n) is 9.74. The molecule has 0 aliphatic heterocycles. The third-order valence-corrected chi connectivity index (χ3v) is 2.70. The highest BCUT2D eigenvalue weighted by molar-refractivity contribution is 4.98. The number of nitrogens with two attached hydrogens (primary N) is 1. The minimum absolute atomic E-state index is 0.187. The fourth-order valence-electron chi connectivity index (χ4n) is 1.78. The van der Waals surface area contributed by atoms with Crippen LogP contribution in [0.2, 0.25) is 0 Å². The molecule has 1 rings (SSSR count). The first-order chi connectivity index (χ1) is 7.33. The number of aromatic nitrogens is 2. The second-order valence-corrected chi connectivity index (χ2v) is 3.79. The fourth-order valence-corrected chi connectivity index (χ4v) is 1.78. The smallest absolute Gasteiger partial charge is 0.127 e. The Morgan fingerprint density at radius 3 is 2.87 bits per heavy atom. The fraction of sp³-hybridized carbons (Fsp3) is 0.727. The van der Waals surface area contributed by atoms with Crippen molar-refractivity contribution in [2.75, 3.05) is 0 Å². The van der Waals surface area contributed by atoms with Gasteiger partial charge in [0.1, 0.15) is 5.82 Å². The van der Waals surface area contributed by atoms with Gasteiger partial charge in [0.2, 0.25) is 0 Å². The molecular weight excluding hydrogens is 188 g/mol. The van der Waals surface area contributed by atoms with Gasteiger partial charge >= 0.3 is 0 Å². The molecule has 86 valence electrons. The summed E-state index contributed by atoms with van der Waals surface area (Å²) in [6, 6.07) is 0.187. The Labute approximate surface area is 91.8 Å². The molecular formula is C11H22N4. The molecule has 0 bridgehead atoms. The number of aryl methyl sites for hydroxylation is 1. The number of unbranched alkanes of at least 4 members (excludes halogenated alkanes) is 2. The van der Waals surface area contributed by atoms with Crippen LogP contribution < -0.4 is 11.3 Å². The van der Waals surface area contributed by atoms with E-state index in [9.17, 15) is 0 Å². The van der Waals surface area contributed by atoms with Crippen LogP contribution in [0.25, 0.3) is 0 Å². The van der Waals surface area contributed by atoms with Crippen molar-refractivity contribution < 1.29 is 0 Å². The minimum Gasteiger partial charge on any atom is -0.334 e. The number of rotatable bonds is 7. The van der Waals surface area contributed by atoms with Gasteiger partial charge in [-0.05, 0) is 13.3 Å². The van der Waals surface area contributed by atoms with Crippen molar-refractivity contribution in [2.45, 2.75) is 52.1 Å². The Morgan fingerprint density at radius 1 is 1.47 bits per heavy atom. The van der Waals surface area contributed by atoms with Gasteiger partial charge in [0, 0.05) is 18.9 Å². The van der Waals surface area contributed by atoms with E-state index in [0.717, 1.165) is 18.8 Å². The zero-order valence-corrected chi connectivity index (χ0v) is 9.74. The van der Waals surface area contributed by atoms with Crippen LogP contribution in [-0.2, 0) is 6.54 Å². The number of hydrazine groups is 1. The lowest BCUT2D eigenvalue weighted by atomic mass is 10.1. The van der Waals surface area contributed by atoms with Crippen LogP contribution in [-0.4, -0.2) is 9.55 Å². The van der Waals surface area contributed by atoms with Crippen LogP contribution in [0.15, 0.2) is 12.4 Å². The maximum absolute atomic E-state index is 5.57. The van der Waals surface area contributed by atoms with Gasteiger partial charge in [-0.3, -0.25) is 5.84 Å². The van der Waals surface area contributed by atoms with Crippen LogP contribution in [0, 0.1) is 0 Å². The highest BCUT2D eigenvalue weighted by Gasteiger charge is 2.13. The van der Waals surface area contributed by atoms with Gasteiger partial charge in [-0.25, -0.2) is 10.4 Å². The highest BCUT2D eigenvalue weighted by atomic mass is 15.3. The number of imidazole rings is 1. The lowest BCUT2D eigenvalue weighted by Crippen LogP contribution is -2.30. The first kappa shape index (κ1) is 12.2. The van der Waals surface area contributed by atoms with E-state index in [-0.39, 0.29) is 6.04 Å². The summed E-state index contributed by atoms with van der Waals surface area (Å²) in [4.78, 5) is 4.36. The summed E-state index contributed by atoms with van der Waals surface area (Å²) in [5, 5.41) is 0. The molecule has 0 aliphatic rings. The van der Waals surface area contributed by atoms with Gasteiger partial charge in [0.05, 0.1) is 6.04 Å². The first-order valence-corrected chi connectivity index (χ1v) is 5.80. The van der Waals surface area contributed by atoms with Crippen molar-refractivity contribution in [2.24, 2.45) is 5.84 Å². The molecule has 0 saturated carbocycles. The van der Waals surface area contributed by atoms with Crippen molar-refractivity contribution >= 4 is 0 Å². The molecule has 4 heteroatoms. The van der Waals surface area contributed by atoms with Crippen molar-refractivity contribution in [1.82, 2.24) is 15.0 Å². The van der Waals surface area contributed by atoms with E-state index >= 15 is 0 Å². The predicted octanol–water partition coefficient (Wildman–Crippen LogP) is 1.99. The van der Waals surface area contributed by atoms with Crippen molar-refractivity contribution in [1.29, 1.82) is 0 Å². The van der Waals surface area contributed by atoms with Crippen LogP contribution in [0.1, 0.15) is 51.4 Å². The van der Waals surface area contributed by atoms with Gasteiger partial charge in [-0.15, -0.1) is 0 Å². The van der Waals surface area contributed by atoms with Gasteiger partial charge in [0.15, 0.2) is 0 Å². The molecule has 1 atom stereocenters. The predicted molar refractivity (Wildman–Crippen MR) is 62.1 cm³/mol. The molecule has 0 amide bonds. The van der Waals surface area contributed by atoms with E-state index < -0.39 is 0 Å². The van der Waals surface area contributed by atoms with Crippen molar-refractivity contribution in [3.8, 4) is 0 Å². The van der Waals surface area contributed by atoms with Gasteiger partial charge in [-0.1, -0.05) is 26.2 Å². The SMILES string of the molecule is CCCCCC(NN)c1nccn1CC. The summed E-state index contributed by atoms with van der Waals surface area (Å²) in [6.45, 7) is 5.27. The topological polar surface area (TPSA) is 55.9 Å². The molecule has 0 fully saturated rings. The lowest BCUT2D eigenvalue weighted by molar-refractivity contribution is 0.449. The summed E-state index contributed by atoms with van der Waals surface area (Å²) in [7, 11) is 0. The molecule has 0 spiro atoms. The van der Waals surface area contributed by atoms with Crippen LogP contribution >= 0.6 is 0 Å². The number of nitrogens with zero attached hydrogens (tertiary/aromatic N) is 2. The van der Waals surface area contributed by atoms with E-state index in [1.165, 1.54) is 19.3 Å². The van der Waals surface area contributed by atoms with E-state index in [1.807, 2.05) is 12.4 Å². The van der Waals surface area contributed by atoms with Gasteiger partial charge < -0.3 is 4.57 Å². The van der Waals surface area contributed by atoms with Gasteiger partial charge in [-0.2, -0.15) is 0 Å². The molecule has 1 aromatic rings. The Bertz CT molecular complexity index is 269. The molecule has 3 N–H and O–H groups in total. The van der Waals surface area contributed by atoms with Crippen LogP contribution in [0.3, 0.4) is 0 Å². The molecule has 1 unspecified atom stereocenters. The summed E-state index contributed by atoms with van der Waals surface area (Å²) in [5.74, 6) is 6.62. The first-order valence-electron chi connectivity index (χ1n) is 5.80. The van der Waals surface area contributed by atoms with Crippen LogP contribution in [0.5, 0.6) is 0 Å². The molecule has 1 heterocycles. The summed E-state index contributed by atoms with van der Waals surface area (Å²) in [6.07, 6.45) is 8.58. The zero-order chi connectivity index (χ0) is 11.1. The Hall–Kier alpha value is -0.870. The molecule has 4 nitrogen and oxygen atoms in total. The van der Waals surface area contributed by atoms with Crippen molar-refractivity contribution in [3.63, 3.8) is 0 Å². The molecule has 15 heavy (non-hydrogen) atoms. The van der Waals surface area contributed by atoms with Crippen LogP contribution in [0.4, 0.5) is 0 Å². The summed E-state index contributed by atoms with van der Waals surface area (Å²) >= 11 is 0. The molecule has 0 saturated heterocycles. The van der Waals surface area contributed by atoms with E-state index in [0.29, 0.717) is 0 Å². The second kappa shape index (κ2) is 6.58. The summed E-state index contributed by atoms with van der Waals surface area (Å²) in [5.41, 5.74) is 2.85. The largest absolute Gasteiger partial charge is 0.334 e. The van der Waals surface area contributed by atoms with E-state index in [2.05, 4.69) is 28.8 Å². The van der Waals surface area contributed by atoms with Crippen molar-refractivity contribution in [3.05, 3.63) is 18.2 Å². The van der Waals surface area contributed by atoms with E-state index in [1.54, 1.807) is 0 Å².